The largest absolute Gasteiger partial charge is 0.480 e. The highest BCUT2D eigenvalue weighted by molar-refractivity contribution is 6.05. The Hall–Kier alpha value is -1.68. The van der Waals surface area contributed by atoms with Gasteiger partial charge in [0.25, 0.3) is 0 Å². The van der Waals surface area contributed by atoms with Crippen LogP contribution in [0.3, 0.4) is 0 Å². The molecule has 1 aromatic rings. The SMILES string of the molecule is COC1CCCCC1(C(=O)O)C(=O)Cc1c(C)cc(C)cc1C. The van der Waals surface area contributed by atoms with E-state index in [9.17, 15) is 14.7 Å². The number of carboxylic acid groups (broad SMARTS) is 1. The molecule has 1 aromatic carbocycles. The van der Waals surface area contributed by atoms with Gasteiger partial charge in [0, 0.05) is 13.5 Å². The van der Waals surface area contributed by atoms with Crippen LogP contribution in [0.15, 0.2) is 12.1 Å². The van der Waals surface area contributed by atoms with Crippen molar-refractivity contribution in [1.29, 1.82) is 0 Å². The summed E-state index contributed by atoms with van der Waals surface area (Å²) in [5.41, 5.74) is 2.78. The lowest BCUT2D eigenvalue weighted by Crippen LogP contribution is -2.52. The molecule has 23 heavy (non-hydrogen) atoms. The van der Waals surface area contributed by atoms with Gasteiger partial charge in [0.05, 0.1) is 6.10 Å². The molecule has 0 amide bonds. The fourth-order valence-corrected chi connectivity index (χ4v) is 3.95. The first kappa shape index (κ1) is 17.7. The third-order valence-electron chi connectivity index (χ3n) is 5.18. The van der Waals surface area contributed by atoms with E-state index in [-0.39, 0.29) is 12.2 Å². The van der Waals surface area contributed by atoms with Crippen molar-refractivity contribution in [2.75, 3.05) is 7.11 Å². The minimum absolute atomic E-state index is 0.157. The third-order valence-corrected chi connectivity index (χ3v) is 5.18. The van der Waals surface area contributed by atoms with E-state index >= 15 is 0 Å². The number of rotatable bonds is 5. The average Bonchev–Trinajstić information content (AvgIpc) is 2.50. The monoisotopic (exact) mass is 318 g/mol. The summed E-state index contributed by atoms with van der Waals surface area (Å²) in [6.45, 7) is 5.97. The fraction of sp³-hybridized carbons (Fsp3) is 0.579. The van der Waals surface area contributed by atoms with Crippen LogP contribution in [0.25, 0.3) is 0 Å². The van der Waals surface area contributed by atoms with Crippen LogP contribution in [0, 0.1) is 26.2 Å². The predicted octanol–water partition coefficient (Wildman–Crippen LogP) is 3.38. The number of ketones is 1. The van der Waals surface area contributed by atoms with Gasteiger partial charge < -0.3 is 9.84 Å². The van der Waals surface area contributed by atoms with Crippen molar-refractivity contribution < 1.29 is 19.4 Å². The Balaban J connectivity index is 2.38. The number of aryl methyl sites for hydroxylation is 3. The van der Waals surface area contributed by atoms with E-state index in [0.717, 1.165) is 35.1 Å². The minimum Gasteiger partial charge on any atom is -0.480 e. The molecule has 126 valence electrons. The van der Waals surface area contributed by atoms with E-state index in [1.165, 1.54) is 7.11 Å². The maximum Gasteiger partial charge on any atom is 0.319 e. The second-order valence-corrected chi connectivity index (χ2v) is 6.72. The molecule has 0 aromatic heterocycles. The molecule has 0 saturated heterocycles. The Morgan fingerprint density at radius 1 is 1.22 bits per heavy atom. The number of hydrogen-bond donors (Lipinski definition) is 1. The fourth-order valence-electron chi connectivity index (χ4n) is 3.95. The number of methoxy groups -OCH3 is 1. The molecular weight excluding hydrogens is 292 g/mol. The molecule has 1 saturated carbocycles. The van der Waals surface area contributed by atoms with Crippen molar-refractivity contribution in [3.05, 3.63) is 34.4 Å². The maximum absolute atomic E-state index is 13.0. The second-order valence-electron chi connectivity index (χ2n) is 6.72. The molecule has 2 atom stereocenters. The number of hydrogen-bond acceptors (Lipinski definition) is 3. The van der Waals surface area contributed by atoms with Gasteiger partial charge in [0.15, 0.2) is 11.2 Å². The number of benzene rings is 1. The Labute approximate surface area is 137 Å². The van der Waals surface area contributed by atoms with Crippen molar-refractivity contribution in [2.24, 2.45) is 5.41 Å². The molecule has 0 bridgehead atoms. The zero-order valence-corrected chi connectivity index (χ0v) is 14.4. The van der Waals surface area contributed by atoms with Gasteiger partial charge in [-0.25, -0.2) is 0 Å². The summed E-state index contributed by atoms with van der Waals surface area (Å²) in [6.07, 6.45) is 2.27. The summed E-state index contributed by atoms with van der Waals surface area (Å²) in [5, 5.41) is 9.82. The molecular formula is C19H26O4. The highest BCUT2D eigenvalue weighted by Gasteiger charge is 2.53. The van der Waals surface area contributed by atoms with Crippen LogP contribution in [0.1, 0.15) is 47.9 Å². The number of carbonyl (C=O) groups is 2. The van der Waals surface area contributed by atoms with Crippen LogP contribution >= 0.6 is 0 Å². The van der Waals surface area contributed by atoms with Gasteiger partial charge in [-0.3, -0.25) is 9.59 Å². The van der Waals surface area contributed by atoms with Crippen LogP contribution in [-0.4, -0.2) is 30.1 Å². The molecule has 4 nitrogen and oxygen atoms in total. The Kier molecular flexibility index (Phi) is 5.25. The van der Waals surface area contributed by atoms with Crippen LogP contribution in [0.4, 0.5) is 0 Å². The second kappa shape index (κ2) is 6.83. The van der Waals surface area contributed by atoms with Crippen molar-refractivity contribution in [3.63, 3.8) is 0 Å². The molecule has 1 fully saturated rings. The van der Waals surface area contributed by atoms with E-state index in [1.54, 1.807) is 0 Å². The van der Waals surface area contributed by atoms with E-state index in [1.807, 2.05) is 32.9 Å². The van der Waals surface area contributed by atoms with E-state index < -0.39 is 17.5 Å². The van der Waals surface area contributed by atoms with Gasteiger partial charge >= 0.3 is 5.97 Å². The molecule has 2 rings (SSSR count). The molecule has 0 aliphatic heterocycles. The van der Waals surface area contributed by atoms with Gasteiger partial charge in [-0.15, -0.1) is 0 Å². The number of carbonyl (C=O) groups excluding carboxylic acids is 1. The summed E-state index contributed by atoms with van der Waals surface area (Å²) in [4.78, 5) is 25.0. The van der Waals surface area contributed by atoms with Gasteiger partial charge in [-0.1, -0.05) is 30.5 Å². The zero-order chi connectivity index (χ0) is 17.2. The molecule has 1 N–H and O–H groups in total. The topological polar surface area (TPSA) is 63.6 Å². The zero-order valence-electron chi connectivity index (χ0n) is 14.4. The molecule has 0 spiro atoms. The summed E-state index contributed by atoms with van der Waals surface area (Å²) >= 11 is 0. The quantitative estimate of drug-likeness (QED) is 0.845. The number of ether oxygens (including phenoxy) is 1. The van der Waals surface area contributed by atoms with Gasteiger partial charge in [-0.05, 0) is 50.3 Å². The third kappa shape index (κ3) is 3.18. The Morgan fingerprint density at radius 2 is 1.83 bits per heavy atom. The smallest absolute Gasteiger partial charge is 0.319 e. The van der Waals surface area contributed by atoms with Crippen molar-refractivity contribution in [1.82, 2.24) is 0 Å². The standard InChI is InChI=1S/C19H26O4/c1-12-9-13(2)15(14(3)10-12)11-16(20)19(18(21)22)8-6-5-7-17(19)23-4/h9-10,17H,5-8,11H2,1-4H3,(H,21,22). The molecule has 4 heteroatoms. The van der Waals surface area contributed by atoms with Crippen LogP contribution < -0.4 is 0 Å². The Morgan fingerprint density at radius 3 is 2.35 bits per heavy atom. The van der Waals surface area contributed by atoms with Crippen LogP contribution in [0.5, 0.6) is 0 Å². The summed E-state index contributed by atoms with van der Waals surface area (Å²) in [5.74, 6) is -1.27. The van der Waals surface area contributed by atoms with Gasteiger partial charge in [0.2, 0.25) is 0 Å². The van der Waals surface area contributed by atoms with Crippen LogP contribution in [0.2, 0.25) is 0 Å². The number of carboxylic acids is 1. The molecule has 0 heterocycles. The first-order valence-electron chi connectivity index (χ1n) is 8.19. The first-order valence-corrected chi connectivity index (χ1v) is 8.19. The first-order chi connectivity index (χ1) is 10.8. The van der Waals surface area contributed by atoms with E-state index in [0.29, 0.717) is 12.8 Å². The van der Waals surface area contributed by atoms with Crippen LogP contribution in [-0.2, 0) is 20.7 Å². The predicted molar refractivity (Wildman–Crippen MR) is 88.7 cm³/mol. The lowest BCUT2D eigenvalue weighted by molar-refractivity contribution is -0.168. The normalized spacial score (nSPS) is 24.4. The highest BCUT2D eigenvalue weighted by Crippen LogP contribution is 2.40. The number of aliphatic carboxylic acids is 1. The minimum atomic E-state index is -1.41. The molecule has 1 aliphatic carbocycles. The lowest BCUT2D eigenvalue weighted by Gasteiger charge is -2.38. The summed E-state index contributed by atoms with van der Waals surface area (Å²) in [7, 11) is 1.50. The van der Waals surface area contributed by atoms with Crippen molar-refractivity contribution in [3.8, 4) is 0 Å². The maximum atomic E-state index is 13.0. The molecule has 1 aliphatic rings. The van der Waals surface area contributed by atoms with Crippen molar-refractivity contribution >= 4 is 11.8 Å². The molecule has 2 unspecified atom stereocenters. The summed E-state index contributed by atoms with van der Waals surface area (Å²) < 4.78 is 5.41. The van der Waals surface area contributed by atoms with Gasteiger partial charge in [0.1, 0.15) is 0 Å². The van der Waals surface area contributed by atoms with E-state index in [4.69, 9.17) is 4.74 Å². The van der Waals surface area contributed by atoms with Crippen molar-refractivity contribution in [2.45, 2.75) is 59.0 Å². The lowest BCUT2D eigenvalue weighted by atomic mass is 9.67. The number of Topliss-reactive ketones (excluding diaryl/α,β-unsaturated/α-hetero) is 1. The van der Waals surface area contributed by atoms with Gasteiger partial charge in [-0.2, -0.15) is 0 Å². The summed E-state index contributed by atoms with van der Waals surface area (Å²) in [6, 6.07) is 4.08. The molecule has 0 radical (unpaired) electrons. The average molecular weight is 318 g/mol. The van der Waals surface area contributed by atoms with E-state index in [2.05, 4.69) is 0 Å². The highest BCUT2D eigenvalue weighted by atomic mass is 16.5. The Bertz CT molecular complexity index is 597.